The minimum atomic E-state index is -0.493. The Hall–Kier alpha value is -1.85. The van der Waals surface area contributed by atoms with Crippen LogP contribution in [0, 0.1) is 0 Å². The molecular weight excluding hydrogens is 302 g/mol. The van der Waals surface area contributed by atoms with Gasteiger partial charge >= 0.3 is 0 Å². The summed E-state index contributed by atoms with van der Waals surface area (Å²) >= 11 is 0. The highest BCUT2D eigenvalue weighted by atomic mass is 16.5. The highest BCUT2D eigenvalue weighted by molar-refractivity contribution is 5.90. The fourth-order valence-corrected chi connectivity index (χ4v) is 3.34. The zero-order valence-electron chi connectivity index (χ0n) is 14.2. The number of rotatable bonds is 8. The first kappa shape index (κ1) is 17.0. The first-order chi connectivity index (χ1) is 11.7. The highest BCUT2D eigenvalue weighted by Crippen LogP contribution is 2.30. The Morgan fingerprint density at radius 1 is 1.25 bits per heavy atom. The second-order valence-electron chi connectivity index (χ2n) is 6.60. The maximum atomic E-state index is 11.1. The predicted octanol–water partition coefficient (Wildman–Crippen LogP) is 2.09. The Morgan fingerprint density at radius 3 is 2.67 bits per heavy atom. The average molecular weight is 329 g/mol. The molecule has 2 aliphatic heterocycles. The molecule has 3 N–H and O–H groups in total. The van der Waals surface area contributed by atoms with Crippen molar-refractivity contribution in [3.63, 3.8) is 0 Å². The first-order valence-electron chi connectivity index (χ1n) is 8.91. The summed E-state index contributed by atoms with van der Waals surface area (Å²) in [6.45, 7) is 5.70. The lowest BCUT2D eigenvalue weighted by atomic mass is 10.1. The molecule has 1 atom stereocenters. The summed E-state index contributed by atoms with van der Waals surface area (Å²) < 4.78 is 5.58. The number of likely N-dealkylation sites (tertiary alicyclic amines) is 1. The number of primary amides is 1. The normalized spacial score (nSPS) is 20.8. The van der Waals surface area contributed by atoms with Gasteiger partial charge in [0.15, 0.2) is 5.76 Å². The third-order valence-electron chi connectivity index (χ3n) is 4.74. The number of hydrogen-bond acceptors (Lipinski definition) is 4. The zero-order chi connectivity index (χ0) is 16.8. The molecule has 1 saturated heterocycles. The van der Waals surface area contributed by atoms with Crippen LogP contribution in [-0.2, 0) is 16.1 Å². The van der Waals surface area contributed by atoms with E-state index in [1.165, 1.54) is 44.5 Å². The summed E-state index contributed by atoms with van der Waals surface area (Å²) in [7, 11) is 0. The van der Waals surface area contributed by atoms with Gasteiger partial charge in [-0.1, -0.05) is 24.3 Å². The molecule has 1 aromatic carbocycles. The SMILES string of the molecule is NC(=O)C1=CCC(c2ccc(CNCCCN3CCCC3)cc2)O1. The van der Waals surface area contributed by atoms with Crippen LogP contribution in [0.5, 0.6) is 0 Å². The van der Waals surface area contributed by atoms with Crippen molar-refractivity contribution in [3.05, 3.63) is 47.2 Å². The summed E-state index contributed by atoms with van der Waals surface area (Å²) in [6.07, 6.45) is 6.31. The summed E-state index contributed by atoms with van der Waals surface area (Å²) in [6, 6.07) is 8.39. The predicted molar refractivity (Wildman–Crippen MR) is 94.2 cm³/mol. The van der Waals surface area contributed by atoms with Crippen LogP contribution < -0.4 is 11.1 Å². The van der Waals surface area contributed by atoms with E-state index in [0.717, 1.165) is 18.7 Å². The van der Waals surface area contributed by atoms with Crippen molar-refractivity contribution in [2.45, 2.75) is 38.3 Å². The van der Waals surface area contributed by atoms with Gasteiger partial charge in [-0.25, -0.2) is 0 Å². The number of nitrogens with two attached hydrogens (primary N) is 1. The van der Waals surface area contributed by atoms with Crippen LogP contribution in [0.15, 0.2) is 36.1 Å². The van der Waals surface area contributed by atoms with Crippen LogP contribution in [0.4, 0.5) is 0 Å². The minimum absolute atomic E-state index is 0.0880. The van der Waals surface area contributed by atoms with E-state index in [2.05, 4.69) is 34.5 Å². The fourth-order valence-electron chi connectivity index (χ4n) is 3.34. The fraction of sp³-hybridized carbons (Fsp3) is 0.526. The standard InChI is InChI=1S/C19H27N3O2/c20-19(23)18-9-8-17(24-18)16-6-4-15(5-7-16)14-21-10-3-13-22-11-1-2-12-22/h4-7,9,17,21H,1-3,8,10-14H2,(H2,20,23). The highest BCUT2D eigenvalue weighted by Gasteiger charge is 2.22. The molecule has 0 spiro atoms. The Labute approximate surface area is 143 Å². The molecule has 2 aliphatic rings. The van der Waals surface area contributed by atoms with Gasteiger partial charge in [-0.2, -0.15) is 0 Å². The number of amides is 1. The van der Waals surface area contributed by atoms with E-state index >= 15 is 0 Å². The third-order valence-corrected chi connectivity index (χ3v) is 4.74. The van der Waals surface area contributed by atoms with Crippen molar-refractivity contribution in [3.8, 4) is 0 Å². The molecule has 0 bridgehead atoms. The van der Waals surface area contributed by atoms with Crippen molar-refractivity contribution in [1.82, 2.24) is 10.2 Å². The van der Waals surface area contributed by atoms with Gasteiger partial charge in [0.2, 0.25) is 0 Å². The van der Waals surface area contributed by atoms with Gasteiger partial charge in [0.25, 0.3) is 5.91 Å². The van der Waals surface area contributed by atoms with Crippen molar-refractivity contribution in [2.75, 3.05) is 26.2 Å². The first-order valence-corrected chi connectivity index (χ1v) is 8.91. The summed E-state index contributed by atoms with van der Waals surface area (Å²) in [4.78, 5) is 13.7. The second kappa shape index (κ2) is 8.31. The molecular formula is C19H27N3O2. The number of ether oxygens (including phenoxy) is 1. The lowest BCUT2D eigenvalue weighted by Crippen LogP contribution is -2.24. The van der Waals surface area contributed by atoms with Crippen molar-refractivity contribution < 1.29 is 9.53 Å². The number of nitrogens with zero attached hydrogens (tertiary/aromatic N) is 1. The van der Waals surface area contributed by atoms with Gasteiger partial charge in [-0.05, 0) is 62.6 Å². The van der Waals surface area contributed by atoms with Crippen molar-refractivity contribution in [1.29, 1.82) is 0 Å². The lowest BCUT2D eigenvalue weighted by Gasteiger charge is -2.15. The molecule has 0 aliphatic carbocycles. The number of benzene rings is 1. The minimum Gasteiger partial charge on any atom is -0.480 e. The van der Waals surface area contributed by atoms with E-state index in [1.54, 1.807) is 6.08 Å². The van der Waals surface area contributed by atoms with E-state index in [-0.39, 0.29) is 11.9 Å². The number of carbonyl (C=O) groups is 1. The summed E-state index contributed by atoms with van der Waals surface area (Å²) in [5.41, 5.74) is 7.59. The molecule has 1 fully saturated rings. The average Bonchev–Trinajstić information content (AvgIpc) is 3.27. The molecule has 5 heteroatoms. The van der Waals surface area contributed by atoms with Gasteiger partial charge < -0.3 is 20.7 Å². The molecule has 3 rings (SSSR count). The van der Waals surface area contributed by atoms with Gasteiger partial charge in [-0.15, -0.1) is 0 Å². The molecule has 1 amide bonds. The quantitative estimate of drug-likeness (QED) is 0.717. The molecule has 1 aromatic rings. The van der Waals surface area contributed by atoms with E-state index in [0.29, 0.717) is 6.42 Å². The second-order valence-corrected chi connectivity index (χ2v) is 6.60. The van der Waals surface area contributed by atoms with Crippen LogP contribution in [0.3, 0.4) is 0 Å². The third kappa shape index (κ3) is 4.58. The number of hydrogen-bond donors (Lipinski definition) is 2. The van der Waals surface area contributed by atoms with Gasteiger partial charge in [0.05, 0.1) is 0 Å². The van der Waals surface area contributed by atoms with Gasteiger partial charge in [0.1, 0.15) is 6.10 Å². The van der Waals surface area contributed by atoms with Crippen molar-refractivity contribution >= 4 is 5.91 Å². The maximum absolute atomic E-state index is 11.1. The monoisotopic (exact) mass is 329 g/mol. The largest absolute Gasteiger partial charge is 0.480 e. The van der Waals surface area contributed by atoms with Crippen LogP contribution in [0.25, 0.3) is 0 Å². The van der Waals surface area contributed by atoms with Gasteiger partial charge in [0, 0.05) is 13.0 Å². The molecule has 24 heavy (non-hydrogen) atoms. The Bertz CT molecular complexity index is 577. The van der Waals surface area contributed by atoms with Gasteiger partial charge in [-0.3, -0.25) is 4.79 Å². The molecule has 1 unspecified atom stereocenters. The Balaban J connectivity index is 1.36. The van der Waals surface area contributed by atoms with Crippen LogP contribution >= 0.6 is 0 Å². The summed E-state index contributed by atoms with van der Waals surface area (Å²) in [5.74, 6) is -0.212. The Morgan fingerprint density at radius 2 is 2.00 bits per heavy atom. The van der Waals surface area contributed by atoms with E-state index < -0.39 is 5.91 Å². The molecule has 0 aromatic heterocycles. The molecule has 5 nitrogen and oxygen atoms in total. The molecule has 0 saturated carbocycles. The van der Waals surface area contributed by atoms with Crippen LogP contribution in [0.1, 0.15) is 42.9 Å². The van der Waals surface area contributed by atoms with Crippen LogP contribution in [-0.4, -0.2) is 37.0 Å². The molecule has 0 radical (unpaired) electrons. The van der Waals surface area contributed by atoms with Crippen LogP contribution in [0.2, 0.25) is 0 Å². The zero-order valence-corrected chi connectivity index (χ0v) is 14.2. The maximum Gasteiger partial charge on any atom is 0.283 e. The van der Waals surface area contributed by atoms with E-state index in [9.17, 15) is 4.79 Å². The van der Waals surface area contributed by atoms with E-state index in [4.69, 9.17) is 10.5 Å². The molecule has 2 heterocycles. The van der Waals surface area contributed by atoms with E-state index in [1.807, 2.05) is 0 Å². The summed E-state index contributed by atoms with van der Waals surface area (Å²) in [5, 5.41) is 3.51. The lowest BCUT2D eigenvalue weighted by molar-refractivity contribution is -0.118. The number of nitrogens with one attached hydrogen (secondary N) is 1. The van der Waals surface area contributed by atoms with Crippen molar-refractivity contribution in [2.24, 2.45) is 5.73 Å². The smallest absolute Gasteiger partial charge is 0.283 e. The molecule has 130 valence electrons. The topological polar surface area (TPSA) is 67.6 Å². The Kier molecular flexibility index (Phi) is 5.88. The number of carbonyl (C=O) groups excluding carboxylic acids is 1.